The lowest BCUT2D eigenvalue weighted by Crippen LogP contribution is -2.30. The molecular formula is C29H27N4+. The molecule has 6 aromatic rings. The van der Waals surface area contributed by atoms with Gasteiger partial charge < -0.3 is 9.25 Å². The first-order chi connectivity index (χ1) is 15.7. The molecule has 0 aliphatic heterocycles. The van der Waals surface area contributed by atoms with Gasteiger partial charge in [0.25, 0.3) is 11.9 Å². The van der Waals surface area contributed by atoms with Gasteiger partial charge in [-0.1, -0.05) is 32.0 Å². The minimum atomic E-state index is -0.621. The molecule has 0 radical (unpaired) electrons. The molecule has 6 rings (SSSR count). The van der Waals surface area contributed by atoms with Crippen LogP contribution in [0, 0.1) is 13.5 Å². The van der Waals surface area contributed by atoms with Crippen molar-refractivity contribution in [2.45, 2.75) is 46.1 Å². The predicted molar refractivity (Wildman–Crippen MR) is 136 cm³/mol. The zero-order chi connectivity index (χ0) is 23.2. The minimum absolute atomic E-state index is 0.469. The van der Waals surface area contributed by atoms with Gasteiger partial charge in [0.15, 0.2) is 5.52 Å². The fourth-order valence-electron chi connectivity index (χ4n) is 5.37. The first kappa shape index (κ1) is 19.9. The number of pyridine rings is 1. The maximum Gasteiger partial charge on any atom is 0.287 e. The van der Waals surface area contributed by atoms with Gasteiger partial charge in [0, 0.05) is 41.6 Å². The number of fused-ring (bicyclic) bond motifs is 5. The molecule has 0 spiro atoms. The zero-order valence-corrected chi connectivity index (χ0v) is 20.0. The highest BCUT2D eigenvalue weighted by Crippen LogP contribution is 2.42. The van der Waals surface area contributed by atoms with Crippen LogP contribution in [0.2, 0.25) is 0 Å². The Labute approximate surface area is 193 Å². The van der Waals surface area contributed by atoms with E-state index in [0.29, 0.717) is 5.92 Å². The smallest absolute Gasteiger partial charge is 0.287 e. The SMILES string of the molecule is [C-]#[N+]C(C)(C)c1cc2nc[n+](C)c3c4c(C)ccc5c6cc(C(C)C)ccc6n(c(c1)c23)c54. The molecule has 4 heteroatoms. The Hall–Kier alpha value is -3.71. The Morgan fingerprint density at radius 1 is 1.00 bits per heavy atom. The van der Waals surface area contributed by atoms with E-state index in [1.54, 1.807) is 0 Å². The Bertz CT molecular complexity index is 1790. The summed E-state index contributed by atoms with van der Waals surface area (Å²) < 4.78 is 4.56. The lowest BCUT2D eigenvalue weighted by atomic mass is 9.92. The Balaban J connectivity index is 1.99. The topological polar surface area (TPSA) is 25.5 Å². The maximum absolute atomic E-state index is 7.79. The molecule has 3 aromatic heterocycles. The number of nitrogens with zero attached hydrogens (tertiary/aromatic N) is 4. The van der Waals surface area contributed by atoms with Crippen molar-refractivity contribution in [2.24, 2.45) is 7.05 Å². The molecule has 33 heavy (non-hydrogen) atoms. The average molecular weight is 432 g/mol. The van der Waals surface area contributed by atoms with Crippen LogP contribution < -0.4 is 4.57 Å². The van der Waals surface area contributed by atoms with Gasteiger partial charge in [0.2, 0.25) is 0 Å². The summed E-state index contributed by atoms with van der Waals surface area (Å²) in [5.74, 6) is 0.469. The van der Waals surface area contributed by atoms with Crippen LogP contribution in [0.5, 0.6) is 0 Å². The first-order valence-electron chi connectivity index (χ1n) is 11.5. The third-order valence-corrected chi connectivity index (χ3v) is 7.35. The van der Waals surface area contributed by atoms with Gasteiger partial charge in [-0.15, -0.1) is 0 Å². The molecule has 0 aliphatic rings. The lowest BCUT2D eigenvalue weighted by Gasteiger charge is -2.16. The maximum atomic E-state index is 7.79. The van der Waals surface area contributed by atoms with E-state index in [0.717, 1.165) is 22.0 Å². The molecule has 4 nitrogen and oxygen atoms in total. The van der Waals surface area contributed by atoms with Crippen LogP contribution in [0.15, 0.2) is 48.8 Å². The molecule has 162 valence electrons. The number of rotatable bonds is 2. The van der Waals surface area contributed by atoms with Crippen molar-refractivity contribution < 1.29 is 4.57 Å². The van der Waals surface area contributed by atoms with Gasteiger partial charge >= 0.3 is 0 Å². The monoisotopic (exact) mass is 431 g/mol. The summed E-state index contributed by atoms with van der Waals surface area (Å²) in [6.07, 6.45) is 1.91. The van der Waals surface area contributed by atoms with E-state index in [9.17, 15) is 0 Å². The summed E-state index contributed by atoms with van der Waals surface area (Å²) in [4.78, 5) is 8.73. The Morgan fingerprint density at radius 3 is 2.52 bits per heavy atom. The third kappa shape index (κ3) is 2.51. The summed E-state index contributed by atoms with van der Waals surface area (Å²) in [6.45, 7) is 18.4. The largest absolute Gasteiger partial charge is 0.308 e. The van der Waals surface area contributed by atoms with Gasteiger partial charge in [0.1, 0.15) is 5.52 Å². The molecule has 0 aliphatic carbocycles. The fourth-order valence-corrected chi connectivity index (χ4v) is 5.37. The van der Waals surface area contributed by atoms with E-state index < -0.39 is 5.54 Å². The quantitative estimate of drug-likeness (QED) is 0.128. The molecular weight excluding hydrogens is 404 g/mol. The van der Waals surface area contributed by atoms with Gasteiger partial charge in [0.05, 0.1) is 29.0 Å². The van der Waals surface area contributed by atoms with Crippen molar-refractivity contribution >= 4 is 49.1 Å². The van der Waals surface area contributed by atoms with Crippen LogP contribution in [0.3, 0.4) is 0 Å². The molecule has 0 bridgehead atoms. The van der Waals surface area contributed by atoms with Crippen molar-refractivity contribution in [3.8, 4) is 0 Å². The van der Waals surface area contributed by atoms with Gasteiger partial charge in [-0.2, -0.15) is 0 Å². The van der Waals surface area contributed by atoms with Crippen LogP contribution in [-0.4, -0.2) is 9.38 Å². The Morgan fingerprint density at radius 2 is 1.79 bits per heavy atom. The number of benzene rings is 3. The standard InChI is InChI=1S/C29H27N4/c1-16(2)18-9-11-23-21(12-18)20-10-8-17(3)25-27(20)33(23)24-14-19(29(4,5)30-6)13-22-26(24)28(25)32(7)15-31-22/h8-16H,1-5,7H3/q+1. The first-order valence-corrected chi connectivity index (χ1v) is 11.5. The molecule has 0 fully saturated rings. The van der Waals surface area contributed by atoms with Crippen LogP contribution in [0.4, 0.5) is 0 Å². The van der Waals surface area contributed by atoms with Crippen LogP contribution in [0.25, 0.3) is 54.0 Å². The number of hydrogen-bond acceptors (Lipinski definition) is 1. The zero-order valence-electron chi connectivity index (χ0n) is 20.0. The van der Waals surface area contributed by atoms with Crippen molar-refractivity contribution in [1.29, 1.82) is 0 Å². The third-order valence-electron chi connectivity index (χ3n) is 7.35. The van der Waals surface area contributed by atoms with E-state index in [2.05, 4.69) is 84.1 Å². The highest BCUT2D eigenvalue weighted by Gasteiger charge is 2.31. The van der Waals surface area contributed by atoms with E-state index in [4.69, 9.17) is 11.6 Å². The van der Waals surface area contributed by atoms with Gasteiger partial charge in [-0.25, -0.2) is 11.1 Å². The molecule has 0 saturated heterocycles. The average Bonchev–Trinajstić information content (AvgIpc) is 3.13. The Kier molecular flexibility index (Phi) is 3.88. The molecule has 0 saturated carbocycles. The van der Waals surface area contributed by atoms with Crippen molar-refractivity contribution in [3.05, 3.63) is 76.9 Å². The number of hydrogen-bond donors (Lipinski definition) is 0. The number of aryl methyl sites for hydroxylation is 2. The van der Waals surface area contributed by atoms with Crippen LogP contribution in [-0.2, 0) is 12.6 Å². The van der Waals surface area contributed by atoms with E-state index in [1.807, 2.05) is 20.2 Å². The van der Waals surface area contributed by atoms with Gasteiger partial charge in [-0.05, 0) is 47.2 Å². The second-order valence-corrected chi connectivity index (χ2v) is 10.2. The number of aromatic nitrogens is 3. The molecule has 0 amide bonds. The summed E-state index contributed by atoms with van der Waals surface area (Å²) in [7, 11) is 2.08. The van der Waals surface area contributed by atoms with Crippen LogP contribution in [0.1, 0.15) is 50.3 Å². The summed E-state index contributed by atoms with van der Waals surface area (Å²) in [6, 6.07) is 15.7. The van der Waals surface area contributed by atoms with Crippen molar-refractivity contribution in [2.75, 3.05) is 0 Å². The van der Waals surface area contributed by atoms with E-state index in [-0.39, 0.29) is 0 Å². The highest BCUT2D eigenvalue weighted by molar-refractivity contribution is 6.25. The highest BCUT2D eigenvalue weighted by atomic mass is 15.0. The summed E-state index contributed by atoms with van der Waals surface area (Å²) in [5, 5.41) is 4.98. The second kappa shape index (κ2) is 6.42. The van der Waals surface area contributed by atoms with Crippen molar-refractivity contribution in [3.63, 3.8) is 0 Å². The fraction of sp³-hybridized carbons (Fsp3) is 0.276. The molecule has 3 heterocycles. The van der Waals surface area contributed by atoms with Crippen LogP contribution >= 0.6 is 0 Å². The summed E-state index contributed by atoms with van der Waals surface area (Å²) in [5.41, 5.74) is 8.70. The summed E-state index contributed by atoms with van der Waals surface area (Å²) >= 11 is 0. The lowest BCUT2D eigenvalue weighted by molar-refractivity contribution is -0.646. The normalized spacial score (nSPS) is 12.8. The molecule has 0 atom stereocenters. The second-order valence-electron chi connectivity index (χ2n) is 10.2. The molecule has 0 unspecified atom stereocenters. The predicted octanol–water partition coefficient (Wildman–Crippen LogP) is 6.80. The van der Waals surface area contributed by atoms with E-state index >= 15 is 0 Å². The van der Waals surface area contributed by atoms with Crippen molar-refractivity contribution in [1.82, 2.24) is 9.38 Å². The molecule has 3 aromatic carbocycles. The van der Waals surface area contributed by atoms with E-state index in [1.165, 1.54) is 43.8 Å². The van der Waals surface area contributed by atoms with Gasteiger partial charge in [-0.3, -0.25) is 0 Å². The minimum Gasteiger partial charge on any atom is -0.308 e. The molecule has 0 N–H and O–H groups in total.